The number of hydrogen-bond donors (Lipinski definition) is 0. The second-order valence-corrected chi connectivity index (χ2v) is 5.09. The van der Waals surface area contributed by atoms with Gasteiger partial charge in [-0.05, 0) is 37.5 Å². The molecule has 1 heterocycles. The van der Waals surface area contributed by atoms with Gasteiger partial charge in [-0.2, -0.15) is 0 Å². The lowest BCUT2D eigenvalue weighted by molar-refractivity contribution is 0.154. The van der Waals surface area contributed by atoms with Gasteiger partial charge in [0.15, 0.2) is 0 Å². The van der Waals surface area contributed by atoms with Crippen molar-refractivity contribution in [3.05, 3.63) is 23.4 Å². The predicted octanol–water partition coefficient (Wildman–Crippen LogP) is 3.81. The maximum atomic E-state index is 5.98. The average molecular weight is 285 g/mol. The topological polar surface area (TPSA) is 25.4 Å². The maximum absolute atomic E-state index is 5.98. The zero-order chi connectivity index (χ0) is 14.3. The van der Waals surface area contributed by atoms with Gasteiger partial charge in [0.1, 0.15) is 5.82 Å². The number of rotatable bonds is 8. The monoisotopic (exact) mass is 284 g/mol. The molecule has 0 radical (unpaired) electrons. The van der Waals surface area contributed by atoms with E-state index in [1.54, 1.807) is 0 Å². The molecule has 0 aromatic carbocycles. The van der Waals surface area contributed by atoms with Gasteiger partial charge in [0.2, 0.25) is 0 Å². The van der Waals surface area contributed by atoms with E-state index < -0.39 is 0 Å². The van der Waals surface area contributed by atoms with Crippen molar-refractivity contribution in [2.45, 2.75) is 39.5 Å². The largest absolute Gasteiger partial charge is 0.380 e. The van der Waals surface area contributed by atoms with Gasteiger partial charge in [-0.15, -0.1) is 11.6 Å². The van der Waals surface area contributed by atoms with Gasteiger partial charge in [0.05, 0.1) is 6.61 Å². The number of halogens is 1. The summed E-state index contributed by atoms with van der Waals surface area (Å²) in [4.78, 5) is 6.98. The summed E-state index contributed by atoms with van der Waals surface area (Å²) in [5.41, 5.74) is 2.23. The van der Waals surface area contributed by atoms with E-state index in [2.05, 4.69) is 37.8 Å². The lowest BCUT2D eigenvalue weighted by Gasteiger charge is -2.23. The van der Waals surface area contributed by atoms with Crippen LogP contribution in [0.25, 0.3) is 0 Å². The van der Waals surface area contributed by atoms with E-state index in [0.29, 0.717) is 11.8 Å². The van der Waals surface area contributed by atoms with Crippen molar-refractivity contribution >= 4 is 17.4 Å². The fourth-order valence-electron chi connectivity index (χ4n) is 1.88. The molecule has 0 aliphatic heterocycles. The van der Waals surface area contributed by atoms with Gasteiger partial charge in [-0.3, -0.25) is 0 Å². The van der Waals surface area contributed by atoms with Gasteiger partial charge in [0, 0.05) is 31.3 Å². The van der Waals surface area contributed by atoms with E-state index in [4.69, 9.17) is 21.3 Å². The minimum atomic E-state index is 0.410. The Morgan fingerprint density at radius 3 is 2.58 bits per heavy atom. The minimum Gasteiger partial charge on any atom is -0.380 e. The van der Waals surface area contributed by atoms with Crippen LogP contribution < -0.4 is 4.90 Å². The molecule has 0 unspecified atom stereocenters. The smallest absolute Gasteiger partial charge is 0.129 e. The van der Waals surface area contributed by atoms with Crippen molar-refractivity contribution in [2.24, 2.45) is 0 Å². The van der Waals surface area contributed by atoms with Crippen molar-refractivity contribution < 1.29 is 4.74 Å². The Labute approximate surface area is 121 Å². The molecule has 108 valence electrons. The van der Waals surface area contributed by atoms with Crippen molar-refractivity contribution in [3.8, 4) is 0 Å². The molecular weight excluding hydrogens is 260 g/mol. The summed E-state index contributed by atoms with van der Waals surface area (Å²) in [6.45, 7) is 11.7. The van der Waals surface area contributed by atoms with Crippen molar-refractivity contribution in [1.29, 1.82) is 0 Å². The van der Waals surface area contributed by atoms with Gasteiger partial charge in [-0.25, -0.2) is 4.98 Å². The molecule has 0 amide bonds. The Kier molecular flexibility index (Phi) is 7.17. The van der Waals surface area contributed by atoms with E-state index in [1.165, 1.54) is 0 Å². The van der Waals surface area contributed by atoms with Crippen LogP contribution in [0.4, 0.5) is 5.82 Å². The zero-order valence-corrected chi connectivity index (χ0v) is 13.2. The first-order valence-electron chi connectivity index (χ1n) is 7.01. The molecule has 0 saturated heterocycles. The number of alkyl halides is 1. The summed E-state index contributed by atoms with van der Waals surface area (Å²) >= 11 is 5.98. The Hall–Kier alpha value is -0.800. The van der Waals surface area contributed by atoms with Crippen LogP contribution in [0.5, 0.6) is 0 Å². The summed E-state index contributed by atoms with van der Waals surface area (Å²) in [5.74, 6) is 1.94. The van der Waals surface area contributed by atoms with Crippen molar-refractivity contribution in [2.75, 3.05) is 31.2 Å². The quantitative estimate of drug-likeness (QED) is 0.536. The van der Waals surface area contributed by atoms with Crippen molar-refractivity contribution in [1.82, 2.24) is 4.98 Å². The van der Waals surface area contributed by atoms with E-state index in [1.807, 2.05) is 6.92 Å². The Bertz CT molecular complexity index is 382. The zero-order valence-electron chi connectivity index (χ0n) is 12.4. The lowest BCUT2D eigenvalue weighted by atomic mass is 10.1. The number of pyridine rings is 1. The molecule has 0 saturated carbocycles. The Morgan fingerprint density at radius 1 is 1.32 bits per heavy atom. The number of aromatic nitrogens is 1. The first-order valence-corrected chi connectivity index (χ1v) is 7.55. The predicted molar refractivity (Wildman–Crippen MR) is 82.3 cm³/mol. The second kappa shape index (κ2) is 8.39. The highest BCUT2D eigenvalue weighted by Crippen LogP contribution is 2.21. The van der Waals surface area contributed by atoms with Crippen LogP contribution in [0, 0.1) is 0 Å². The van der Waals surface area contributed by atoms with Gasteiger partial charge >= 0.3 is 0 Å². The van der Waals surface area contributed by atoms with E-state index in [-0.39, 0.29) is 0 Å². The minimum absolute atomic E-state index is 0.410. The second-order valence-electron chi connectivity index (χ2n) is 4.82. The Morgan fingerprint density at radius 2 is 2.05 bits per heavy atom. The molecule has 0 bridgehead atoms. The fraction of sp³-hybridized carbons (Fsp3) is 0.667. The van der Waals surface area contributed by atoms with Crippen LogP contribution in [0.1, 0.15) is 44.9 Å². The Balaban J connectivity index is 2.91. The molecule has 1 rings (SSSR count). The highest BCUT2D eigenvalue weighted by Gasteiger charge is 2.10. The van der Waals surface area contributed by atoms with Crippen molar-refractivity contribution in [3.63, 3.8) is 0 Å². The normalized spacial score (nSPS) is 11.1. The molecule has 0 fully saturated rings. The maximum Gasteiger partial charge on any atom is 0.129 e. The molecule has 0 spiro atoms. The summed E-state index contributed by atoms with van der Waals surface area (Å²) in [7, 11) is 0. The third-order valence-corrected chi connectivity index (χ3v) is 3.36. The third-order valence-electron chi connectivity index (χ3n) is 3.05. The van der Waals surface area contributed by atoms with Crippen LogP contribution in [-0.2, 0) is 10.6 Å². The van der Waals surface area contributed by atoms with Gasteiger partial charge in [0.25, 0.3) is 0 Å². The number of ether oxygens (including phenoxy) is 1. The van der Waals surface area contributed by atoms with Crippen LogP contribution in [0.2, 0.25) is 0 Å². The van der Waals surface area contributed by atoms with E-state index in [9.17, 15) is 0 Å². The third kappa shape index (κ3) is 5.00. The number of anilines is 1. The molecule has 1 aromatic heterocycles. The molecule has 3 nitrogen and oxygen atoms in total. The first kappa shape index (κ1) is 16.3. The molecule has 19 heavy (non-hydrogen) atoms. The fourth-order valence-corrected chi connectivity index (χ4v) is 2.04. The SMILES string of the molecule is CCOCCN(CC)c1cc(CCl)cc(C(C)C)n1. The van der Waals surface area contributed by atoms with Crippen LogP contribution in [0.15, 0.2) is 12.1 Å². The number of nitrogens with zero attached hydrogens (tertiary/aromatic N) is 2. The molecule has 1 aromatic rings. The molecular formula is C15H25ClN2O. The van der Waals surface area contributed by atoms with E-state index in [0.717, 1.165) is 43.4 Å². The number of hydrogen-bond acceptors (Lipinski definition) is 3. The summed E-state index contributed by atoms with van der Waals surface area (Å²) < 4.78 is 5.43. The van der Waals surface area contributed by atoms with E-state index >= 15 is 0 Å². The molecule has 4 heteroatoms. The van der Waals surface area contributed by atoms with Crippen LogP contribution >= 0.6 is 11.6 Å². The average Bonchev–Trinajstić information content (AvgIpc) is 2.43. The van der Waals surface area contributed by atoms with Crippen LogP contribution in [0.3, 0.4) is 0 Å². The van der Waals surface area contributed by atoms with Gasteiger partial charge < -0.3 is 9.64 Å². The van der Waals surface area contributed by atoms with Gasteiger partial charge in [-0.1, -0.05) is 13.8 Å². The van der Waals surface area contributed by atoms with Crippen LogP contribution in [-0.4, -0.2) is 31.3 Å². The standard InChI is InChI=1S/C15H25ClN2O/c1-5-18(7-8-19-6-2)15-10-13(11-16)9-14(17-15)12(3)4/h9-10,12H,5-8,11H2,1-4H3. The summed E-state index contributed by atoms with van der Waals surface area (Å²) in [5, 5.41) is 0. The lowest BCUT2D eigenvalue weighted by Crippen LogP contribution is -2.28. The summed E-state index contributed by atoms with van der Waals surface area (Å²) in [6, 6.07) is 4.17. The summed E-state index contributed by atoms with van der Waals surface area (Å²) in [6.07, 6.45) is 0. The molecule has 0 aliphatic carbocycles. The molecule has 0 N–H and O–H groups in total. The molecule has 0 aliphatic rings. The number of likely N-dealkylation sites (N-methyl/N-ethyl adjacent to an activating group) is 1. The molecule has 0 atom stereocenters. The highest BCUT2D eigenvalue weighted by atomic mass is 35.5. The first-order chi connectivity index (χ1) is 9.12. The highest BCUT2D eigenvalue weighted by molar-refractivity contribution is 6.17.